The normalized spacial score (nSPS) is 14.7. The van der Waals surface area contributed by atoms with Gasteiger partial charge in [-0.2, -0.15) is 0 Å². The minimum Gasteiger partial charge on any atom is -0.368 e. The van der Waals surface area contributed by atoms with E-state index in [4.69, 9.17) is 23.2 Å². The molecule has 1 fully saturated rings. The Hall–Kier alpha value is -1.66. The van der Waals surface area contributed by atoms with E-state index < -0.39 is 0 Å². The van der Waals surface area contributed by atoms with Gasteiger partial charge in [-0.25, -0.2) is 14.5 Å². The van der Waals surface area contributed by atoms with Crippen LogP contribution < -0.4 is 4.90 Å². The van der Waals surface area contributed by atoms with E-state index in [0.717, 1.165) is 10.6 Å². The smallest absolute Gasteiger partial charge is 0.328 e. The van der Waals surface area contributed by atoms with Crippen molar-refractivity contribution in [1.82, 2.24) is 14.7 Å². The molecular formula is C15H20Cl2N4O2. The van der Waals surface area contributed by atoms with Gasteiger partial charge in [-0.3, -0.25) is 0 Å². The van der Waals surface area contributed by atoms with Crippen molar-refractivity contribution in [2.75, 3.05) is 52.2 Å². The molecule has 126 valence electrons. The fraction of sp³-hybridized carbons (Fsp3) is 0.467. The summed E-state index contributed by atoms with van der Waals surface area (Å²) in [6.45, 7) is 2.44. The summed E-state index contributed by atoms with van der Waals surface area (Å²) in [5.41, 5.74) is 0.976. The highest BCUT2D eigenvalue weighted by Gasteiger charge is 2.27. The van der Waals surface area contributed by atoms with Gasteiger partial charge in [-0.1, -0.05) is 23.2 Å². The highest BCUT2D eigenvalue weighted by Crippen LogP contribution is 2.27. The topological polar surface area (TPSA) is 47.1 Å². The molecule has 0 saturated carbocycles. The average molecular weight is 359 g/mol. The predicted molar refractivity (Wildman–Crippen MR) is 92.5 cm³/mol. The van der Waals surface area contributed by atoms with Crippen LogP contribution in [-0.2, 0) is 0 Å². The van der Waals surface area contributed by atoms with Crippen molar-refractivity contribution in [3.05, 3.63) is 28.2 Å². The average Bonchev–Trinajstić information content (AvgIpc) is 2.55. The van der Waals surface area contributed by atoms with Crippen molar-refractivity contribution in [2.45, 2.75) is 0 Å². The number of anilines is 1. The maximum Gasteiger partial charge on any atom is 0.328 e. The zero-order valence-corrected chi connectivity index (χ0v) is 14.9. The number of halogens is 2. The van der Waals surface area contributed by atoms with Crippen molar-refractivity contribution in [3.8, 4) is 0 Å². The van der Waals surface area contributed by atoms with Crippen LogP contribution in [-0.4, -0.2) is 74.1 Å². The van der Waals surface area contributed by atoms with Crippen molar-refractivity contribution in [3.63, 3.8) is 0 Å². The summed E-state index contributed by atoms with van der Waals surface area (Å²) in [5, 5.41) is 1.03. The Balaban J connectivity index is 1.96. The van der Waals surface area contributed by atoms with E-state index in [1.54, 1.807) is 25.1 Å². The summed E-state index contributed by atoms with van der Waals surface area (Å²) < 4.78 is 0. The third-order valence-corrected chi connectivity index (χ3v) is 4.51. The predicted octanol–water partition coefficient (Wildman–Crippen LogP) is 2.85. The molecule has 0 radical (unpaired) electrons. The molecule has 0 N–H and O–H groups in total. The van der Waals surface area contributed by atoms with E-state index in [9.17, 15) is 9.59 Å². The van der Waals surface area contributed by atoms with E-state index in [1.165, 1.54) is 11.9 Å². The minimum absolute atomic E-state index is 0.280. The maximum absolute atomic E-state index is 12.3. The van der Waals surface area contributed by atoms with Gasteiger partial charge in [0.25, 0.3) is 0 Å². The number of hydrogen-bond donors (Lipinski definition) is 0. The lowest BCUT2D eigenvalue weighted by molar-refractivity contribution is 0.149. The van der Waals surface area contributed by atoms with Crippen LogP contribution in [0.4, 0.5) is 15.3 Å². The lowest BCUT2D eigenvalue weighted by Gasteiger charge is -2.37. The van der Waals surface area contributed by atoms with E-state index in [0.29, 0.717) is 36.2 Å². The van der Waals surface area contributed by atoms with Crippen molar-refractivity contribution < 1.29 is 9.59 Å². The summed E-state index contributed by atoms with van der Waals surface area (Å²) in [7, 11) is 4.73. The maximum atomic E-state index is 12.3. The number of urea groups is 2. The minimum atomic E-state index is -0.332. The molecule has 8 heteroatoms. The van der Waals surface area contributed by atoms with Crippen molar-refractivity contribution >= 4 is 41.0 Å². The fourth-order valence-electron chi connectivity index (χ4n) is 2.43. The molecule has 6 nitrogen and oxygen atoms in total. The number of piperazine rings is 1. The summed E-state index contributed by atoms with van der Waals surface area (Å²) >= 11 is 12.0. The summed E-state index contributed by atoms with van der Waals surface area (Å²) in [6, 6.07) is 4.89. The Bertz CT molecular complexity index is 601. The van der Waals surface area contributed by atoms with E-state index in [2.05, 4.69) is 4.90 Å². The Morgan fingerprint density at radius 3 is 2.13 bits per heavy atom. The van der Waals surface area contributed by atoms with Crippen LogP contribution in [0.15, 0.2) is 18.2 Å². The molecule has 4 amide bonds. The molecule has 2 rings (SSSR count). The Morgan fingerprint density at radius 2 is 1.61 bits per heavy atom. The Labute approximate surface area is 146 Å². The number of carbonyl (C=O) groups is 2. The van der Waals surface area contributed by atoms with Crippen LogP contribution in [0.2, 0.25) is 10.0 Å². The lowest BCUT2D eigenvalue weighted by atomic mass is 10.2. The molecule has 1 aliphatic rings. The first kappa shape index (κ1) is 17.7. The Kier molecular flexibility index (Phi) is 5.59. The number of carbonyl (C=O) groups excluding carboxylic acids is 2. The second kappa shape index (κ2) is 7.27. The quantitative estimate of drug-likeness (QED) is 0.775. The van der Waals surface area contributed by atoms with Gasteiger partial charge in [-0.15, -0.1) is 0 Å². The second-order valence-electron chi connectivity index (χ2n) is 5.59. The number of amides is 4. The van der Waals surface area contributed by atoms with Gasteiger partial charge in [0.15, 0.2) is 0 Å². The van der Waals surface area contributed by atoms with Crippen molar-refractivity contribution in [1.29, 1.82) is 0 Å². The number of rotatable bonds is 1. The molecule has 0 unspecified atom stereocenters. The largest absolute Gasteiger partial charge is 0.368 e. The monoisotopic (exact) mass is 358 g/mol. The van der Waals surface area contributed by atoms with Gasteiger partial charge < -0.3 is 14.7 Å². The molecule has 0 atom stereocenters. The zero-order chi connectivity index (χ0) is 17.1. The highest BCUT2D eigenvalue weighted by molar-refractivity contribution is 6.42. The molecule has 1 aromatic carbocycles. The van der Waals surface area contributed by atoms with Gasteiger partial charge in [0.1, 0.15) is 0 Å². The summed E-state index contributed by atoms with van der Waals surface area (Å²) in [5.74, 6) is 0. The molecule has 1 aliphatic heterocycles. The molecule has 0 bridgehead atoms. The first-order chi connectivity index (χ1) is 10.8. The van der Waals surface area contributed by atoms with Crippen LogP contribution in [0.5, 0.6) is 0 Å². The number of benzene rings is 1. The number of imide groups is 1. The molecule has 1 heterocycles. The van der Waals surface area contributed by atoms with Crippen LogP contribution >= 0.6 is 23.2 Å². The van der Waals surface area contributed by atoms with Crippen LogP contribution in [0.3, 0.4) is 0 Å². The molecule has 23 heavy (non-hydrogen) atoms. The highest BCUT2D eigenvalue weighted by atomic mass is 35.5. The summed E-state index contributed by atoms with van der Waals surface area (Å²) in [6.07, 6.45) is 0. The van der Waals surface area contributed by atoms with Crippen molar-refractivity contribution in [2.24, 2.45) is 0 Å². The van der Waals surface area contributed by atoms with Gasteiger partial charge >= 0.3 is 12.1 Å². The molecule has 1 aromatic rings. The fourth-order valence-corrected chi connectivity index (χ4v) is 2.72. The second-order valence-corrected chi connectivity index (χ2v) is 6.41. The van der Waals surface area contributed by atoms with E-state index >= 15 is 0 Å². The van der Waals surface area contributed by atoms with Gasteiger partial charge in [-0.05, 0) is 18.2 Å². The molecule has 0 aromatic heterocycles. The first-order valence-corrected chi connectivity index (χ1v) is 8.00. The van der Waals surface area contributed by atoms with Crippen LogP contribution in [0, 0.1) is 0 Å². The summed E-state index contributed by atoms with van der Waals surface area (Å²) in [4.78, 5) is 30.5. The molecule has 1 saturated heterocycles. The van der Waals surface area contributed by atoms with Crippen LogP contribution in [0.25, 0.3) is 0 Å². The van der Waals surface area contributed by atoms with E-state index in [1.807, 2.05) is 12.1 Å². The third-order valence-electron chi connectivity index (χ3n) is 3.77. The lowest BCUT2D eigenvalue weighted by Crippen LogP contribution is -2.54. The SMILES string of the molecule is CN(C)C(=O)N(C)C(=O)N1CCN(c2ccc(Cl)c(Cl)c2)CC1. The molecular weight excluding hydrogens is 339 g/mol. The molecule has 0 aliphatic carbocycles. The first-order valence-electron chi connectivity index (χ1n) is 7.25. The van der Waals surface area contributed by atoms with Gasteiger partial charge in [0.2, 0.25) is 0 Å². The Morgan fingerprint density at radius 1 is 1.00 bits per heavy atom. The molecule has 0 spiro atoms. The zero-order valence-electron chi connectivity index (χ0n) is 13.4. The van der Waals surface area contributed by atoms with Crippen LogP contribution in [0.1, 0.15) is 0 Å². The number of hydrogen-bond acceptors (Lipinski definition) is 3. The van der Waals surface area contributed by atoms with Gasteiger partial charge in [0.05, 0.1) is 10.0 Å². The third kappa shape index (κ3) is 4.00. The number of nitrogens with zero attached hydrogens (tertiary/aromatic N) is 4. The van der Waals surface area contributed by atoms with E-state index in [-0.39, 0.29) is 12.1 Å². The van der Waals surface area contributed by atoms with Gasteiger partial charge in [0, 0.05) is 53.0 Å². The standard InChI is InChI=1S/C15H20Cl2N4O2/c1-18(2)14(22)19(3)15(23)21-8-6-20(7-9-21)11-4-5-12(16)13(17)10-11/h4-5,10H,6-9H2,1-3H3.